The molecule has 0 bridgehead atoms. The average molecular weight is 289 g/mol. The van der Waals surface area contributed by atoms with Gasteiger partial charge in [-0.3, -0.25) is 0 Å². The Labute approximate surface area is 125 Å². The number of aryl methyl sites for hydroxylation is 3. The summed E-state index contributed by atoms with van der Waals surface area (Å²) in [5, 5.41) is 14.3. The Morgan fingerprint density at radius 2 is 1.85 bits per heavy atom. The molecule has 4 heteroatoms. The zero-order chi connectivity index (χ0) is 14.2. The van der Waals surface area contributed by atoms with Crippen molar-refractivity contribution in [1.82, 2.24) is 15.5 Å². The SMILES string of the molecule is CCCNCCc1nnc(CCc2cccc(C)c2)s1. The molecule has 0 spiro atoms. The van der Waals surface area contributed by atoms with Crippen molar-refractivity contribution in [2.45, 2.75) is 39.5 Å². The van der Waals surface area contributed by atoms with E-state index in [0.717, 1.165) is 42.4 Å². The molecule has 0 aliphatic rings. The van der Waals surface area contributed by atoms with Gasteiger partial charge >= 0.3 is 0 Å². The fourth-order valence-corrected chi connectivity index (χ4v) is 2.95. The summed E-state index contributed by atoms with van der Waals surface area (Å²) in [6, 6.07) is 8.69. The molecule has 1 heterocycles. The van der Waals surface area contributed by atoms with Crippen molar-refractivity contribution in [2.75, 3.05) is 13.1 Å². The topological polar surface area (TPSA) is 37.8 Å². The van der Waals surface area contributed by atoms with Gasteiger partial charge in [-0.1, -0.05) is 36.8 Å². The first-order chi connectivity index (χ1) is 9.78. The molecule has 0 unspecified atom stereocenters. The predicted octanol–water partition coefficient (Wildman–Crippen LogP) is 3.17. The zero-order valence-electron chi connectivity index (χ0n) is 12.4. The highest BCUT2D eigenvalue weighted by Gasteiger charge is 2.04. The first kappa shape index (κ1) is 15.1. The monoisotopic (exact) mass is 289 g/mol. The molecule has 0 radical (unpaired) electrons. The van der Waals surface area contributed by atoms with E-state index in [1.54, 1.807) is 11.3 Å². The van der Waals surface area contributed by atoms with Crippen LogP contribution in [0.15, 0.2) is 24.3 Å². The van der Waals surface area contributed by atoms with Crippen molar-refractivity contribution >= 4 is 11.3 Å². The third kappa shape index (κ3) is 5.02. The van der Waals surface area contributed by atoms with E-state index in [1.807, 2.05) is 0 Å². The molecule has 20 heavy (non-hydrogen) atoms. The van der Waals surface area contributed by atoms with Crippen molar-refractivity contribution in [1.29, 1.82) is 0 Å². The summed E-state index contributed by atoms with van der Waals surface area (Å²) in [5.74, 6) is 0. The van der Waals surface area contributed by atoms with E-state index >= 15 is 0 Å². The molecule has 0 amide bonds. The zero-order valence-corrected chi connectivity index (χ0v) is 13.2. The van der Waals surface area contributed by atoms with E-state index in [2.05, 4.69) is 53.6 Å². The van der Waals surface area contributed by atoms with Crippen molar-refractivity contribution in [3.05, 3.63) is 45.4 Å². The average Bonchev–Trinajstić information content (AvgIpc) is 2.89. The molecule has 0 fully saturated rings. The highest BCUT2D eigenvalue weighted by molar-refractivity contribution is 7.11. The summed E-state index contributed by atoms with van der Waals surface area (Å²) >= 11 is 1.75. The molecule has 3 nitrogen and oxygen atoms in total. The molecule has 1 aromatic heterocycles. The minimum Gasteiger partial charge on any atom is -0.316 e. The van der Waals surface area contributed by atoms with E-state index in [-0.39, 0.29) is 0 Å². The summed E-state index contributed by atoms with van der Waals surface area (Å²) < 4.78 is 0. The van der Waals surface area contributed by atoms with Crippen LogP contribution in [-0.4, -0.2) is 23.3 Å². The van der Waals surface area contributed by atoms with Crippen molar-refractivity contribution < 1.29 is 0 Å². The Bertz CT molecular complexity index is 522. The maximum absolute atomic E-state index is 4.29. The van der Waals surface area contributed by atoms with Gasteiger partial charge in [-0.15, -0.1) is 21.5 Å². The third-order valence-electron chi connectivity index (χ3n) is 3.16. The van der Waals surface area contributed by atoms with Gasteiger partial charge in [0, 0.05) is 19.4 Å². The van der Waals surface area contributed by atoms with Crippen molar-refractivity contribution in [3.63, 3.8) is 0 Å². The van der Waals surface area contributed by atoms with Gasteiger partial charge in [-0.2, -0.15) is 0 Å². The van der Waals surface area contributed by atoms with Gasteiger partial charge in [0.1, 0.15) is 10.0 Å². The van der Waals surface area contributed by atoms with Crippen LogP contribution in [0.2, 0.25) is 0 Å². The molecular weight excluding hydrogens is 266 g/mol. The second-order valence-electron chi connectivity index (χ2n) is 5.08. The van der Waals surface area contributed by atoms with E-state index in [4.69, 9.17) is 0 Å². The lowest BCUT2D eigenvalue weighted by molar-refractivity contribution is 0.667. The molecule has 0 aliphatic heterocycles. The van der Waals surface area contributed by atoms with Crippen LogP contribution in [0.5, 0.6) is 0 Å². The number of nitrogens with one attached hydrogen (secondary N) is 1. The van der Waals surface area contributed by atoms with Gasteiger partial charge in [0.2, 0.25) is 0 Å². The molecule has 0 saturated carbocycles. The van der Waals surface area contributed by atoms with Gasteiger partial charge in [0.15, 0.2) is 0 Å². The number of rotatable bonds is 8. The Kier molecular flexibility index (Phi) is 6.15. The summed E-state index contributed by atoms with van der Waals surface area (Å²) in [7, 11) is 0. The molecule has 1 aromatic carbocycles. The minimum atomic E-state index is 0.988. The fourth-order valence-electron chi connectivity index (χ4n) is 2.11. The Morgan fingerprint density at radius 3 is 2.60 bits per heavy atom. The van der Waals surface area contributed by atoms with Gasteiger partial charge < -0.3 is 5.32 Å². The highest BCUT2D eigenvalue weighted by Crippen LogP contribution is 2.14. The van der Waals surface area contributed by atoms with Gasteiger partial charge in [0.25, 0.3) is 0 Å². The Balaban J connectivity index is 1.78. The Hall–Kier alpha value is -1.26. The first-order valence-corrected chi connectivity index (χ1v) is 8.17. The van der Waals surface area contributed by atoms with Crippen molar-refractivity contribution in [3.8, 4) is 0 Å². The second-order valence-corrected chi connectivity index (χ2v) is 6.23. The quantitative estimate of drug-likeness (QED) is 0.759. The molecule has 0 aliphatic carbocycles. The number of aromatic nitrogens is 2. The Morgan fingerprint density at radius 1 is 1.05 bits per heavy atom. The number of benzene rings is 1. The van der Waals surface area contributed by atoms with Gasteiger partial charge in [-0.25, -0.2) is 0 Å². The number of hydrogen-bond acceptors (Lipinski definition) is 4. The molecule has 108 valence electrons. The fraction of sp³-hybridized carbons (Fsp3) is 0.500. The van der Waals surface area contributed by atoms with Gasteiger partial charge in [0.05, 0.1) is 0 Å². The molecular formula is C16H23N3S. The molecule has 2 rings (SSSR count). The lowest BCUT2D eigenvalue weighted by Crippen LogP contribution is -2.17. The minimum absolute atomic E-state index is 0.988. The lowest BCUT2D eigenvalue weighted by Gasteiger charge is -2.00. The van der Waals surface area contributed by atoms with Crippen LogP contribution in [-0.2, 0) is 19.3 Å². The van der Waals surface area contributed by atoms with Crippen LogP contribution in [0.4, 0.5) is 0 Å². The number of hydrogen-bond donors (Lipinski definition) is 1. The molecule has 0 atom stereocenters. The summed E-state index contributed by atoms with van der Waals surface area (Å²) in [5.41, 5.74) is 2.70. The van der Waals surface area contributed by atoms with Crippen molar-refractivity contribution in [2.24, 2.45) is 0 Å². The van der Waals surface area contributed by atoms with Crippen LogP contribution < -0.4 is 5.32 Å². The number of nitrogens with zero attached hydrogens (tertiary/aromatic N) is 2. The molecule has 1 N–H and O–H groups in total. The van der Waals surface area contributed by atoms with Crippen LogP contribution in [0.3, 0.4) is 0 Å². The maximum Gasteiger partial charge on any atom is 0.118 e. The summed E-state index contributed by atoms with van der Waals surface area (Å²) in [6.45, 7) is 6.40. The predicted molar refractivity (Wildman–Crippen MR) is 85.4 cm³/mol. The van der Waals surface area contributed by atoms with E-state index in [9.17, 15) is 0 Å². The van der Waals surface area contributed by atoms with E-state index in [1.165, 1.54) is 17.5 Å². The highest BCUT2D eigenvalue weighted by atomic mass is 32.1. The largest absolute Gasteiger partial charge is 0.316 e. The van der Waals surface area contributed by atoms with Gasteiger partial charge in [-0.05, 0) is 31.9 Å². The normalized spacial score (nSPS) is 10.9. The summed E-state index contributed by atoms with van der Waals surface area (Å²) in [4.78, 5) is 0. The smallest absolute Gasteiger partial charge is 0.118 e. The molecule has 0 saturated heterocycles. The lowest BCUT2D eigenvalue weighted by atomic mass is 10.1. The van der Waals surface area contributed by atoms with Crippen LogP contribution >= 0.6 is 11.3 Å². The third-order valence-corrected chi connectivity index (χ3v) is 4.20. The van der Waals surface area contributed by atoms with Crippen LogP contribution in [0, 0.1) is 6.92 Å². The van der Waals surface area contributed by atoms with Crippen LogP contribution in [0.1, 0.15) is 34.5 Å². The second kappa shape index (κ2) is 8.12. The van der Waals surface area contributed by atoms with E-state index < -0.39 is 0 Å². The standard InChI is InChI=1S/C16H23N3S/c1-3-10-17-11-9-16-19-18-15(20-16)8-7-14-6-4-5-13(2)12-14/h4-6,12,17H,3,7-11H2,1-2H3. The maximum atomic E-state index is 4.29. The molecule has 2 aromatic rings. The first-order valence-electron chi connectivity index (χ1n) is 7.35. The van der Waals surface area contributed by atoms with Crippen LogP contribution in [0.25, 0.3) is 0 Å². The van der Waals surface area contributed by atoms with E-state index in [0.29, 0.717) is 0 Å². The summed E-state index contributed by atoms with van der Waals surface area (Å²) in [6.07, 6.45) is 4.20.